The monoisotopic (exact) mass is 416 g/mol. The van der Waals surface area contributed by atoms with E-state index in [-0.39, 0.29) is 17.5 Å². The highest BCUT2D eigenvalue weighted by Gasteiger charge is 2.31. The third-order valence-corrected chi connectivity index (χ3v) is 6.83. The van der Waals surface area contributed by atoms with Crippen molar-refractivity contribution in [2.24, 2.45) is 0 Å². The average molecular weight is 417 g/mol. The second-order valence-electron chi connectivity index (χ2n) is 8.86. The largest absolute Gasteiger partial charge is 0.366 e. The lowest BCUT2D eigenvalue weighted by Gasteiger charge is -2.37. The number of hydrogen-bond donors (Lipinski definition) is 0. The maximum absolute atomic E-state index is 14.4. The van der Waals surface area contributed by atoms with Gasteiger partial charge in [-0.15, -0.1) is 0 Å². The van der Waals surface area contributed by atoms with Gasteiger partial charge in [-0.3, -0.25) is 14.5 Å². The lowest BCUT2D eigenvalue weighted by atomic mass is 10.1. The minimum atomic E-state index is -0.371. The summed E-state index contributed by atoms with van der Waals surface area (Å²) >= 11 is 0. The van der Waals surface area contributed by atoms with Crippen molar-refractivity contribution < 1.29 is 14.0 Å². The molecule has 30 heavy (non-hydrogen) atoms. The van der Waals surface area contributed by atoms with Crippen LogP contribution in [0.25, 0.3) is 0 Å². The second kappa shape index (κ2) is 9.43. The van der Waals surface area contributed by atoms with Gasteiger partial charge in [0.1, 0.15) is 5.82 Å². The van der Waals surface area contributed by atoms with Crippen molar-refractivity contribution in [2.75, 3.05) is 63.8 Å². The van der Waals surface area contributed by atoms with Gasteiger partial charge in [0.25, 0.3) is 0 Å². The zero-order chi connectivity index (χ0) is 21.1. The molecule has 1 atom stereocenters. The SMILES string of the molecule is CC(=O)c1ccc(N2CCN(C(=O)CN3CCCC3CN3CCCC3)CC2)c(F)c1. The molecule has 1 aromatic rings. The normalized spacial score (nSPS) is 23.3. The lowest BCUT2D eigenvalue weighted by molar-refractivity contribution is -0.133. The van der Waals surface area contributed by atoms with Crippen molar-refractivity contribution >= 4 is 17.4 Å². The van der Waals surface area contributed by atoms with Crippen LogP contribution in [-0.4, -0.2) is 91.3 Å². The van der Waals surface area contributed by atoms with Crippen LogP contribution in [0.1, 0.15) is 43.0 Å². The molecule has 1 unspecified atom stereocenters. The summed E-state index contributed by atoms with van der Waals surface area (Å²) in [4.78, 5) is 33.1. The van der Waals surface area contributed by atoms with Crippen LogP contribution in [0.3, 0.4) is 0 Å². The van der Waals surface area contributed by atoms with Crippen LogP contribution >= 0.6 is 0 Å². The highest BCUT2D eigenvalue weighted by molar-refractivity contribution is 5.94. The van der Waals surface area contributed by atoms with Crippen molar-refractivity contribution in [3.05, 3.63) is 29.6 Å². The molecule has 3 aliphatic heterocycles. The molecule has 0 spiro atoms. The van der Waals surface area contributed by atoms with Crippen LogP contribution < -0.4 is 4.90 Å². The third kappa shape index (κ3) is 4.83. The van der Waals surface area contributed by atoms with E-state index in [0.29, 0.717) is 50.0 Å². The van der Waals surface area contributed by atoms with Crippen LogP contribution in [-0.2, 0) is 4.79 Å². The molecule has 0 aliphatic carbocycles. The van der Waals surface area contributed by atoms with Gasteiger partial charge in [0, 0.05) is 44.3 Å². The number of rotatable bonds is 6. The number of likely N-dealkylation sites (tertiary alicyclic amines) is 2. The second-order valence-corrected chi connectivity index (χ2v) is 8.86. The van der Waals surface area contributed by atoms with Crippen molar-refractivity contribution in [3.63, 3.8) is 0 Å². The number of ketones is 1. The molecule has 0 aromatic heterocycles. The van der Waals surface area contributed by atoms with E-state index in [1.807, 2.05) is 9.80 Å². The van der Waals surface area contributed by atoms with Gasteiger partial charge in [0.05, 0.1) is 12.2 Å². The van der Waals surface area contributed by atoms with E-state index in [0.717, 1.165) is 13.1 Å². The van der Waals surface area contributed by atoms with Crippen molar-refractivity contribution in [1.82, 2.24) is 14.7 Å². The Morgan fingerprint density at radius 1 is 1.00 bits per heavy atom. The van der Waals surface area contributed by atoms with E-state index in [1.54, 1.807) is 12.1 Å². The van der Waals surface area contributed by atoms with E-state index < -0.39 is 0 Å². The Morgan fingerprint density at radius 2 is 1.73 bits per heavy atom. The maximum Gasteiger partial charge on any atom is 0.236 e. The van der Waals surface area contributed by atoms with E-state index in [2.05, 4.69) is 9.80 Å². The van der Waals surface area contributed by atoms with Gasteiger partial charge in [-0.05, 0) is 70.4 Å². The Bertz CT molecular complexity index is 772. The topological polar surface area (TPSA) is 47.1 Å². The summed E-state index contributed by atoms with van der Waals surface area (Å²) in [5.74, 6) is -0.319. The van der Waals surface area contributed by atoms with Gasteiger partial charge >= 0.3 is 0 Å². The van der Waals surface area contributed by atoms with E-state index in [1.165, 1.54) is 51.8 Å². The quantitative estimate of drug-likeness (QED) is 0.666. The highest BCUT2D eigenvalue weighted by atomic mass is 19.1. The fourth-order valence-electron chi connectivity index (χ4n) is 5.03. The molecule has 0 bridgehead atoms. The van der Waals surface area contributed by atoms with Crippen LogP contribution in [0.15, 0.2) is 18.2 Å². The summed E-state index contributed by atoms with van der Waals surface area (Å²) in [7, 11) is 0. The zero-order valence-corrected chi connectivity index (χ0v) is 18.0. The van der Waals surface area contributed by atoms with Gasteiger partial charge in [-0.2, -0.15) is 0 Å². The average Bonchev–Trinajstić information content (AvgIpc) is 3.41. The van der Waals surface area contributed by atoms with E-state index in [9.17, 15) is 14.0 Å². The molecule has 0 radical (unpaired) electrons. The summed E-state index contributed by atoms with van der Waals surface area (Å²) in [6, 6.07) is 5.16. The molecule has 3 fully saturated rings. The van der Waals surface area contributed by atoms with Crippen LogP contribution in [0.2, 0.25) is 0 Å². The Morgan fingerprint density at radius 3 is 2.40 bits per heavy atom. The Hall–Kier alpha value is -1.99. The standard InChI is InChI=1S/C23H33FN4O2/c1-18(29)19-6-7-22(21(24)15-19)26-11-13-27(14-12-26)23(30)17-28-10-4-5-20(28)16-25-8-2-3-9-25/h6-7,15,20H,2-5,8-14,16-17H2,1H3. The van der Waals surface area contributed by atoms with Gasteiger partial charge in [0.2, 0.25) is 5.91 Å². The zero-order valence-electron chi connectivity index (χ0n) is 18.0. The smallest absolute Gasteiger partial charge is 0.236 e. The minimum Gasteiger partial charge on any atom is -0.366 e. The molecule has 3 heterocycles. The molecule has 164 valence electrons. The molecule has 1 amide bonds. The molecule has 0 saturated carbocycles. The third-order valence-electron chi connectivity index (χ3n) is 6.83. The summed E-state index contributed by atoms with van der Waals surface area (Å²) in [5.41, 5.74) is 0.900. The van der Waals surface area contributed by atoms with Crippen molar-refractivity contribution in [3.8, 4) is 0 Å². The Kier molecular flexibility index (Phi) is 6.68. The van der Waals surface area contributed by atoms with Crippen LogP contribution in [0.5, 0.6) is 0 Å². The number of benzene rings is 1. The van der Waals surface area contributed by atoms with Gasteiger partial charge in [-0.25, -0.2) is 4.39 Å². The van der Waals surface area contributed by atoms with E-state index >= 15 is 0 Å². The molecular formula is C23H33FN4O2. The maximum atomic E-state index is 14.4. The number of carbonyl (C=O) groups is 2. The highest BCUT2D eigenvalue weighted by Crippen LogP contribution is 2.23. The molecule has 3 saturated heterocycles. The first-order valence-electron chi connectivity index (χ1n) is 11.3. The van der Waals surface area contributed by atoms with Gasteiger partial charge in [0.15, 0.2) is 5.78 Å². The number of amides is 1. The molecule has 3 aliphatic rings. The predicted octanol–water partition coefficient (Wildman–Crippen LogP) is 2.24. The first-order chi connectivity index (χ1) is 14.5. The summed E-state index contributed by atoms with van der Waals surface area (Å²) in [5, 5.41) is 0. The lowest BCUT2D eigenvalue weighted by Crippen LogP contribution is -2.52. The predicted molar refractivity (Wildman–Crippen MR) is 115 cm³/mol. The first kappa shape index (κ1) is 21.2. The van der Waals surface area contributed by atoms with Crippen molar-refractivity contribution in [1.29, 1.82) is 0 Å². The number of halogens is 1. The van der Waals surface area contributed by atoms with Crippen LogP contribution in [0, 0.1) is 5.82 Å². The molecule has 6 nitrogen and oxygen atoms in total. The number of hydrogen-bond acceptors (Lipinski definition) is 5. The fraction of sp³-hybridized carbons (Fsp3) is 0.652. The van der Waals surface area contributed by atoms with E-state index in [4.69, 9.17) is 0 Å². The van der Waals surface area contributed by atoms with Gasteiger partial charge < -0.3 is 14.7 Å². The molecule has 0 N–H and O–H groups in total. The number of nitrogens with zero attached hydrogens (tertiary/aromatic N) is 4. The fourth-order valence-corrected chi connectivity index (χ4v) is 5.03. The summed E-state index contributed by atoms with van der Waals surface area (Å²) in [6.45, 7) is 8.88. The number of carbonyl (C=O) groups excluding carboxylic acids is 2. The molecule has 4 rings (SSSR count). The van der Waals surface area contributed by atoms with Crippen molar-refractivity contribution in [2.45, 2.75) is 38.6 Å². The number of Topliss-reactive ketones (excluding diaryl/α,β-unsaturated/α-hetero) is 1. The van der Waals surface area contributed by atoms with Gasteiger partial charge in [-0.1, -0.05) is 0 Å². The van der Waals surface area contributed by atoms with Crippen LogP contribution in [0.4, 0.5) is 10.1 Å². The minimum absolute atomic E-state index is 0.138. The first-order valence-corrected chi connectivity index (χ1v) is 11.3. The molecule has 1 aromatic carbocycles. The molecular weight excluding hydrogens is 383 g/mol. The Balaban J connectivity index is 1.28. The summed E-state index contributed by atoms with van der Waals surface area (Å²) < 4.78 is 14.4. The summed E-state index contributed by atoms with van der Waals surface area (Å²) in [6.07, 6.45) is 4.96. The molecule has 7 heteroatoms. The number of anilines is 1. The Labute approximate surface area is 178 Å². The number of piperazine rings is 1.